The fourth-order valence-electron chi connectivity index (χ4n) is 4.51. The normalized spacial score (nSPS) is 16.8. The largest absolute Gasteiger partial charge is 0.699 e. The van der Waals surface area contributed by atoms with Crippen LogP contribution in [0.15, 0.2) is 36.4 Å². The number of carbonyl (C=O) groups is 2. The van der Waals surface area contributed by atoms with Crippen molar-refractivity contribution < 1.29 is 52.1 Å². The van der Waals surface area contributed by atoms with Crippen molar-refractivity contribution in [3.63, 3.8) is 0 Å². The van der Waals surface area contributed by atoms with E-state index in [0.717, 1.165) is 31.5 Å². The van der Waals surface area contributed by atoms with Gasteiger partial charge in [0.1, 0.15) is 10.8 Å². The average Bonchev–Trinajstić information content (AvgIpc) is 2.78. The van der Waals surface area contributed by atoms with Crippen molar-refractivity contribution in [3.05, 3.63) is 68.5 Å². The standard InChI is InChI=1S/C17H16Cl3N2O2.C8H13N2O2.Y/c1-2-13(24-14-7-6-12(18)15(19)16(14)20)17(23)22-9-10-4-3-5-11(21)8-10;9-6-1-8(2-6)4-10(5-8)3-7(11)12;/h3-8,13,21H,2,9H2,1H3,(H,22,23);6,9H,1-5H2,(H,11,12);/q2*-1;/t13-;;/m1../s1. The molecule has 1 atom stereocenters. The van der Waals surface area contributed by atoms with Gasteiger partial charge in [-0.3, -0.25) is 14.5 Å². The van der Waals surface area contributed by atoms with E-state index in [-0.39, 0.29) is 61.2 Å². The molecule has 1 spiro atoms. The third-order valence-electron chi connectivity index (χ3n) is 6.16. The van der Waals surface area contributed by atoms with Crippen molar-refractivity contribution in [3.8, 4) is 5.75 Å². The van der Waals surface area contributed by atoms with E-state index in [9.17, 15) is 9.59 Å². The number of hydrogen-bond donors (Lipinski definition) is 2. The molecule has 199 valence electrons. The van der Waals surface area contributed by atoms with Crippen molar-refractivity contribution in [1.29, 1.82) is 0 Å². The fourth-order valence-corrected chi connectivity index (χ4v) is 5.08. The van der Waals surface area contributed by atoms with Gasteiger partial charge in [0.05, 0.1) is 16.6 Å². The molecule has 0 aromatic heterocycles. The van der Waals surface area contributed by atoms with E-state index in [1.165, 1.54) is 0 Å². The second kappa shape index (κ2) is 14.3. The Morgan fingerprint density at radius 3 is 2.43 bits per heavy atom. The molecular weight excluding hydrogens is 616 g/mol. The second-order valence-corrected chi connectivity index (χ2v) is 10.4. The van der Waals surface area contributed by atoms with Crippen molar-refractivity contribution in [2.75, 3.05) is 19.6 Å². The predicted octanol–water partition coefficient (Wildman–Crippen LogP) is 6.39. The van der Waals surface area contributed by atoms with Gasteiger partial charge in [0, 0.05) is 52.3 Å². The molecule has 2 aromatic rings. The predicted molar refractivity (Wildman–Crippen MR) is 142 cm³/mol. The van der Waals surface area contributed by atoms with E-state index < -0.39 is 12.1 Å². The number of aliphatic carboxylic acids is 1. The number of carbonyl (C=O) groups excluding carboxylic acids is 1. The molecule has 1 heterocycles. The topological polar surface area (TPSA) is 126 Å². The summed E-state index contributed by atoms with van der Waals surface area (Å²) in [5.41, 5.74) is 16.5. The summed E-state index contributed by atoms with van der Waals surface area (Å²) in [7, 11) is 0. The van der Waals surface area contributed by atoms with Crippen molar-refractivity contribution in [1.82, 2.24) is 10.2 Å². The Morgan fingerprint density at radius 1 is 1.19 bits per heavy atom. The maximum atomic E-state index is 12.3. The first-order chi connectivity index (χ1) is 17.0. The molecule has 1 saturated carbocycles. The average molecular weight is 645 g/mol. The number of benzene rings is 2. The Hall–Kier alpha value is -1.13. The summed E-state index contributed by atoms with van der Waals surface area (Å²) in [5.74, 6) is -0.706. The van der Waals surface area contributed by atoms with Crippen LogP contribution in [0.3, 0.4) is 0 Å². The number of nitrogens with one attached hydrogen (secondary N) is 3. The molecular formula is C25H29Cl3N4O4Y-2. The molecule has 1 aliphatic carbocycles. The number of carboxylic acid groups (broad SMARTS) is 1. The van der Waals surface area contributed by atoms with Crippen LogP contribution < -0.4 is 10.1 Å². The number of hydrogen-bond acceptors (Lipinski definition) is 4. The molecule has 2 fully saturated rings. The molecule has 2 aromatic carbocycles. The Kier molecular flexibility index (Phi) is 12.4. The van der Waals surface area contributed by atoms with E-state index in [1.54, 1.807) is 30.3 Å². The molecule has 4 N–H and O–H groups in total. The number of halogens is 3. The molecule has 37 heavy (non-hydrogen) atoms. The van der Waals surface area contributed by atoms with Crippen LogP contribution in [-0.2, 0) is 48.8 Å². The minimum Gasteiger partial charge on any atom is -0.699 e. The van der Waals surface area contributed by atoms with Crippen LogP contribution in [-0.4, -0.2) is 53.7 Å². The van der Waals surface area contributed by atoms with Gasteiger partial charge in [-0.1, -0.05) is 78.8 Å². The first-order valence-corrected chi connectivity index (χ1v) is 12.7. The zero-order chi connectivity index (χ0) is 26.5. The Morgan fingerprint density at radius 2 is 1.86 bits per heavy atom. The second-order valence-electron chi connectivity index (χ2n) is 9.25. The Labute approximate surface area is 257 Å². The summed E-state index contributed by atoms with van der Waals surface area (Å²) in [6, 6.07) is 10.2. The van der Waals surface area contributed by atoms with Crippen molar-refractivity contribution in [2.45, 2.75) is 44.9 Å². The van der Waals surface area contributed by atoms with Crippen LogP contribution in [0.1, 0.15) is 31.7 Å². The van der Waals surface area contributed by atoms with Crippen LogP contribution in [0.25, 0.3) is 11.5 Å². The summed E-state index contributed by atoms with van der Waals surface area (Å²) >= 11 is 18.0. The van der Waals surface area contributed by atoms with Crippen LogP contribution in [0.5, 0.6) is 5.75 Å². The van der Waals surface area contributed by atoms with Gasteiger partial charge in [-0.2, -0.15) is 0 Å². The Balaban J connectivity index is 0.000000309. The van der Waals surface area contributed by atoms with E-state index in [0.29, 0.717) is 34.8 Å². The number of ether oxygens (including phenoxy) is 1. The number of carboxylic acids is 1. The first-order valence-electron chi connectivity index (χ1n) is 11.6. The first kappa shape index (κ1) is 32.1. The molecule has 4 rings (SSSR count). The van der Waals surface area contributed by atoms with Gasteiger partial charge >= 0.3 is 5.97 Å². The van der Waals surface area contributed by atoms with Gasteiger partial charge in [0.15, 0.2) is 6.10 Å². The minimum absolute atomic E-state index is 0. The van der Waals surface area contributed by atoms with Crippen LogP contribution >= 0.6 is 34.8 Å². The van der Waals surface area contributed by atoms with Gasteiger partial charge in [-0.25, -0.2) is 0 Å². The molecule has 12 heteroatoms. The Bertz CT molecular complexity index is 1090. The number of nitrogens with zero attached hydrogens (tertiary/aromatic N) is 1. The minimum atomic E-state index is -0.744. The van der Waals surface area contributed by atoms with Gasteiger partial charge in [0.25, 0.3) is 5.91 Å². The summed E-state index contributed by atoms with van der Waals surface area (Å²) in [6.07, 6.45) is 1.70. The van der Waals surface area contributed by atoms with Crippen LogP contribution in [0.2, 0.25) is 15.1 Å². The van der Waals surface area contributed by atoms with Crippen LogP contribution in [0, 0.1) is 5.41 Å². The van der Waals surface area contributed by atoms with Gasteiger partial charge in [0.2, 0.25) is 0 Å². The van der Waals surface area contributed by atoms with Gasteiger partial charge in [-0.05, 0) is 29.5 Å². The SMILES string of the molecule is CC[C@@H](Oc1ccc(Cl)c(Cl)c1Cl)C(=O)NCc1cccc([NH-])c1.[NH-]C1CC2(C1)CN(CC(=O)O)C2.[Y]. The third-order valence-corrected chi connectivity index (χ3v) is 7.44. The van der Waals surface area contributed by atoms with Gasteiger partial charge in [-0.15, -0.1) is 11.7 Å². The fraction of sp³-hybridized carbons (Fsp3) is 0.440. The summed E-state index contributed by atoms with van der Waals surface area (Å²) < 4.78 is 5.68. The summed E-state index contributed by atoms with van der Waals surface area (Å²) in [4.78, 5) is 24.6. The van der Waals surface area contributed by atoms with E-state index in [2.05, 4.69) is 5.32 Å². The molecule has 0 bridgehead atoms. The zero-order valence-corrected chi connectivity index (χ0v) is 25.5. The van der Waals surface area contributed by atoms with Crippen molar-refractivity contribution in [2.24, 2.45) is 5.41 Å². The monoisotopic (exact) mass is 643 g/mol. The van der Waals surface area contributed by atoms with Gasteiger partial charge < -0.3 is 26.6 Å². The quantitative estimate of drug-likeness (QED) is 0.322. The van der Waals surface area contributed by atoms with Crippen LogP contribution in [0.4, 0.5) is 5.69 Å². The smallest absolute Gasteiger partial charge is 0.317 e. The van der Waals surface area contributed by atoms with E-state index >= 15 is 0 Å². The molecule has 8 nitrogen and oxygen atoms in total. The maximum Gasteiger partial charge on any atom is 0.317 e. The number of likely N-dealkylation sites (tertiary alicyclic amines) is 1. The zero-order valence-electron chi connectivity index (χ0n) is 20.4. The molecule has 0 unspecified atom stereocenters. The molecule has 1 amide bonds. The van der Waals surface area contributed by atoms with Crippen molar-refractivity contribution >= 4 is 52.4 Å². The van der Waals surface area contributed by atoms with E-state index in [1.807, 2.05) is 17.9 Å². The summed E-state index contributed by atoms with van der Waals surface area (Å²) in [6.45, 7) is 4.12. The summed E-state index contributed by atoms with van der Waals surface area (Å²) in [5, 5.41) is 12.0. The molecule has 1 aliphatic heterocycles. The molecule has 1 radical (unpaired) electrons. The molecule has 1 saturated heterocycles. The maximum absolute atomic E-state index is 12.3. The number of amides is 1. The number of rotatable bonds is 8. The third kappa shape index (κ3) is 8.95. The van der Waals surface area contributed by atoms with E-state index in [4.69, 9.17) is 56.1 Å². The molecule has 2 aliphatic rings.